The van der Waals surface area contributed by atoms with Gasteiger partial charge in [-0.2, -0.15) is 0 Å². The molecule has 7 heteroatoms. The second-order valence-electron chi connectivity index (χ2n) is 4.27. The Morgan fingerprint density at radius 2 is 1.83 bits per heavy atom. The molecule has 0 radical (unpaired) electrons. The Hall–Kier alpha value is -1.79. The van der Waals surface area contributed by atoms with Gasteiger partial charge >= 0.3 is 12.0 Å². The number of carbonyl (C=O) groups is 3. The lowest BCUT2D eigenvalue weighted by atomic mass is 10.2. The average molecular weight is 259 g/mol. The van der Waals surface area contributed by atoms with Crippen molar-refractivity contribution in [3.63, 3.8) is 0 Å². The summed E-state index contributed by atoms with van der Waals surface area (Å²) in [6, 6.07) is -0.606. The molecule has 0 aromatic rings. The number of nitrogens with zero attached hydrogens (tertiary/aromatic N) is 1. The smallest absolute Gasteiger partial charge is 0.315 e. The molecule has 0 aliphatic rings. The van der Waals surface area contributed by atoms with E-state index in [4.69, 9.17) is 5.11 Å². The quantitative estimate of drug-likeness (QED) is 0.600. The lowest BCUT2D eigenvalue weighted by Crippen LogP contribution is -2.42. The van der Waals surface area contributed by atoms with Gasteiger partial charge in [-0.05, 0) is 13.3 Å². The number of carboxylic acids is 1. The molecule has 0 fully saturated rings. The summed E-state index contributed by atoms with van der Waals surface area (Å²) in [5.41, 5.74) is 0. The lowest BCUT2D eigenvalue weighted by molar-refractivity contribution is -0.137. The predicted octanol–water partition coefficient (Wildman–Crippen LogP) is 0.0172. The third-order valence-electron chi connectivity index (χ3n) is 2.29. The summed E-state index contributed by atoms with van der Waals surface area (Å²) in [5, 5.41) is 13.6. The van der Waals surface area contributed by atoms with Gasteiger partial charge in [0.25, 0.3) is 0 Å². The van der Waals surface area contributed by atoms with Crippen LogP contribution in [0.2, 0.25) is 0 Å². The topological polar surface area (TPSA) is 98.7 Å². The summed E-state index contributed by atoms with van der Waals surface area (Å²) in [6.07, 6.45) is 0.629. The number of rotatable bonds is 7. The first-order valence-electron chi connectivity index (χ1n) is 5.79. The average Bonchev–Trinajstić information content (AvgIpc) is 2.25. The van der Waals surface area contributed by atoms with Crippen LogP contribution < -0.4 is 10.6 Å². The Morgan fingerprint density at radius 3 is 2.33 bits per heavy atom. The Labute approximate surface area is 107 Å². The fourth-order valence-corrected chi connectivity index (χ4v) is 1.19. The highest BCUT2D eigenvalue weighted by Crippen LogP contribution is 1.95. The molecule has 0 saturated heterocycles. The highest BCUT2D eigenvalue weighted by Gasteiger charge is 2.09. The highest BCUT2D eigenvalue weighted by atomic mass is 16.4. The molecule has 3 N–H and O–H groups in total. The van der Waals surface area contributed by atoms with Crippen molar-refractivity contribution in [3.05, 3.63) is 0 Å². The van der Waals surface area contributed by atoms with Crippen molar-refractivity contribution in [3.8, 4) is 0 Å². The normalized spacial score (nSPS) is 11.5. The lowest BCUT2D eigenvalue weighted by Gasteiger charge is -2.14. The van der Waals surface area contributed by atoms with Crippen LogP contribution in [-0.2, 0) is 9.59 Å². The van der Waals surface area contributed by atoms with E-state index in [9.17, 15) is 14.4 Å². The van der Waals surface area contributed by atoms with Crippen LogP contribution in [0.1, 0.15) is 26.2 Å². The van der Waals surface area contributed by atoms with E-state index in [1.54, 1.807) is 21.0 Å². The molecule has 3 amide bonds. The summed E-state index contributed by atoms with van der Waals surface area (Å²) < 4.78 is 0. The number of hydrogen-bond donors (Lipinski definition) is 3. The number of carbonyl (C=O) groups excluding carboxylic acids is 2. The van der Waals surface area contributed by atoms with Gasteiger partial charge in [0.15, 0.2) is 0 Å². The van der Waals surface area contributed by atoms with E-state index in [1.807, 2.05) is 0 Å². The number of amides is 3. The van der Waals surface area contributed by atoms with E-state index in [2.05, 4.69) is 10.6 Å². The fraction of sp³-hybridized carbons (Fsp3) is 0.727. The van der Waals surface area contributed by atoms with E-state index in [-0.39, 0.29) is 37.4 Å². The third-order valence-corrected chi connectivity index (χ3v) is 2.29. The van der Waals surface area contributed by atoms with E-state index < -0.39 is 5.97 Å². The Kier molecular flexibility index (Phi) is 7.50. The molecule has 1 atom stereocenters. The van der Waals surface area contributed by atoms with Crippen molar-refractivity contribution in [2.24, 2.45) is 0 Å². The summed E-state index contributed by atoms with van der Waals surface area (Å²) in [5.74, 6) is -0.949. The number of aliphatic carboxylic acids is 1. The molecule has 0 rings (SSSR count). The minimum atomic E-state index is -0.888. The van der Waals surface area contributed by atoms with Gasteiger partial charge in [-0.3, -0.25) is 9.59 Å². The third kappa shape index (κ3) is 8.37. The number of hydrogen-bond acceptors (Lipinski definition) is 3. The zero-order valence-corrected chi connectivity index (χ0v) is 11.0. The summed E-state index contributed by atoms with van der Waals surface area (Å²) in [4.78, 5) is 34.4. The minimum absolute atomic E-state index is 0.0144. The van der Waals surface area contributed by atoms with E-state index in [0.717, 1.165) is 0 Å². The Morgan fingerprint density at radius 1 is 1.22 bits per heavy atom. The van der Waals surface area contributed by atoms with Crippen LogP contribution in [0.3, 0.4) is 0 Å². The second-order valence-corrected chi connectivity index (χ2v) is 4.27. The first-order valence-corrected chi connectivity index (χ1v) is 5.79. The maximum Gasteiger partial charge on any atom is 0.315 e. The second kappa shape index (κ2) is 8.32. The molecule has 1 unspecified atom stereocenters. The maximum absolute atomic E-state index is 11.4. The van der Waals surface area contributed by atoms with Crippen LogP contribution in [0.15, 0.2) is 0 Å². The Bertz CT molecular complexity index is 305. The monoisotopic (exact) mass is 259 g/mol. The Balaban J connectivity index is 3.71. The highest BCUT2D eigenvalue weighted by molar-refractivity contribution is 5.78. The number of nitrogens with one attached hydrogen (secondary N) is 2. The molecule has 0 aromatic carbocycles. The van der Waals surface area contributed by atoms with Gasteiger partial charge in [-0.25, -0.2) is 4.79 Å². The standard InChI is InChI=1S/C11H21N3O4/c1-8(4-5-10(16)17)13-11(18)12-7-6-9(15)14(2)3/h8H,4-7H2,1-3H3,(H,16,17)(H2,12,13,18). The molecule has 104 valence electrons. The number of carboxylic acid groups (broad SMARTS) is 1. The molecule has 0 aliphatic carbocycles. The molecular weight excluding hydrogens is 238 g/mol. The largest absolute Gasteiger partial charge is 0.481 e. The zero-order valence-electron chi connectivity index (χ0n) is 11.0. The van der Waals surface area contributed by atoms with Crippen molar-refractivity contribution in [1.29, 1.82) is 0 Å². The molecule has 0 heterocycles. The van der Waals surface area contributed by atoms with Crippen LogP contribution in [-0.4, -0.2) is 54.6 Å². The van der Waals surface area contributed by atoms with E-state index in [0.29, 0.717) is 6.42 Å². The predicted molar refractivity (Wildman–Crippen MR) is 66.2 cm³/mol. The van der Waals surface area contributed by atoms with E-state index in [1.165, 1.54) is 4.90 Å². The molecule has 0 bridgehead atoms. The van der Waals surface area contributed by atoms with Crippen LogP contribution in [0.5, 0.6) is 0 Å². The maximum atomic E-state index is 11.4. The van der Waals surface area contributed by atoms with Crippen molar-refractivity contribution < 1.29 is 19.5 Å². The van der Waals surface area contributed by atoms with Crippen LogP contribution >= 0.6 is 0 Å². The zero-order chi connectivity index (χ0) is 14.1. The van der Waals surface area contributed by atoms with Crippen LogP contribution in [0.4, 0.5) is 4.79 Å². The molecule has 7 nitrogen and oxygen atoms in total. The minimum Gasteiger partial charge on any atom is -0.481 e. The van der Waals surface area contributed by atoms with Crippen molar-refractivity contribution in [2.45, 2.75) is 32.2 Å². The van der Waals surface area contributed by atoms with Crippen molar-refractivity contribution in [2.75, 3.05) is 20.6 Å². The molecule has 18 heavy (non-hydrogen) atoms. The summed E-state index contributed by atoms with van der Waals surface area (Å²) >= 11 is 0. The molecule has 0 aromatic heterocycles. The van der Waals surface area contributed by atoms with Gasteiger partial charge in [0.1, 0.15) is 0 Å². The first-order chi connectivity index (χ1) is 8.32. The van der Waals surface area contributed by atoms with Gasteiger partial charge in [-0.1, -0.05) is 0 Å². The SMILES string of the molecule is CC(CCC(=O)O)NC(=O)NCCC(=O)N(C)C. The molecular formula is C11H21N3O4. The molecule has 0 aliphatic heterocycles. The van der Waals surface area contributed by atoms with Crippen LogP contribution in [0, 0.1) is 0 Å². The van der Waals surface area contributed by atoms with Crippen LogP contribution in [0.25, 0.3) is 0 Å². The molecule has 0 saturated carbocycles. The van der Waals surface area contributed by atoms with Gasteiger partial charge in [0.2, 0.25) is 5.91 Å². The summed E-state index contributed by atoms with van der Waals surface area (Å²) in [6.45, 7) is 1.99. The first kappa shape index (κ1) is 16.2. The van der Waals surface area contributed by atoms with Gasteiger partial charge < -0.3 is 20.6 Å². The summed E-state index contributed by atoms with van der Waals surface area (Å²) in [7, 11) is 3.30. The van der Waals surface area contributed by atoms with Gasteiger partial charge in [-0.15, -0.1) is 0 Å². The fourth-order valence-electron chi connectivity index (χ4n) is 1.19. The molecule has 0 spiro atoms. The van der Waals surface area contributed by atoms with Gasteiger partial charge in [0, 0.05) is 39.5 Å². The number of urea groups is 1. The van der Waals surface area contributed by atoms with E-state index >= 15 is 0 Å². The van der Waals surface area contributed by atoms with Crippen molar-refractivity contribution in [1.82, 2.24) is 15.5 Å². The van der Waals surface area contributed by atoms with Crippen molar-refractivity contribution >= 4 is 17.9 Å². The van der Waals surface area contributed by atoms with Gasteiger partial charge in [0.05, 0.1) is 0 Å².